The molecule has 0 aromatic heterocycles. The highest BCUT2D eigenvalue weighted by atomic mass is 32.2. The number of aliphatic hydroxyl groups excluding tert-OH is 2. The quantitative estimate of drug-likeness (QED) is 0.778. The molecule has 1 atom stereocenters. The Kier molecular flexibility index (Phi) is 8.47. The van der Waals surface area contributed by atoms with Gasteiger partial charge in [0.2, 0.25) is 0 Å². The molecule has 0 aliphatic heterocycles. The SMILES string of the molecule is CC.Cc1ccccc1SC[C@@H](O)CO. The van der Waals surface area contributed by atoms with E-state index in [2.05, 4.69) is 0 Å². The van der Waals surface area contributed by atoms with Gasteiger partial charge in [-0.2, -0.15) is 0 Å². The largest absolute Gasteiger partial charge is 0.394 e. The van der Waals surface area contributed by atoms with Gasteiger partial charge in [0.25, 0.3) is 0 Å². The summed E-state index contributed by atoms with van der Waals surface area (Å²) >= 11 is 1.57. The van der Waals surface area contributed by atoms with Crippen LogP contribution in [0.4, 0.5) is 0 Å². The molecule has 1 aromatic rings. The lowest BCUT2D eigenvalue weighted by Crippen LogP contribution is -2.14. The number of aryl methyl sites for hydroxylation is 1. The standard InChI is InChI=1S/C10H14O2S.C2H6/c1-8-4-2-3-5-10(8)13-7-9(12)6-11;1-2/h2-5,9,11-12H,6-7H2,1H3;1-2H3/t9-;/m0./s1. The predicted octanol–water partition coefficient (Wildman–Crippen LogP) is 2.47. The molecule has 0 unspecified atom stereocenters. The van der Waals surface area contributed by atoms with Crippen LogP contribution in [-0.2, 0) is 0 Å². The monoisotopic (exact) mass is 228 g/mol. The summed E-state index contributed by atoms with van der Waals surface area (Å²) in [6, 6.07) is 8.01. The number of hydrogen-bond acceptors (Lipinski definition) is 3. The summed E-state index contributed by atoms with van der Waals surface area (Å²) in [5.41, 5.74) is 1.21. The van der Waals surface area contributed by atoms with Gasteiger partial charge in [-0.3, -0.25) is 0 Å². The Bertz CT molecular complexity index is 264. The minimum absolute atomic E-state index is 0.168. The maximum atomic E-state index is 9.14. The second-order valence-corrected chi connectivity index (χ2v) is 3.97. The third kappa shape index (κ3) is 5.82. The van der Waals surface area contributed by atoms with Crippen molar-refractivity contribution in [2.45, 2.75) is 31.8 Å². The maximum Gasteiger partial charge on any atom is 0.0864 e. The highest BCUT2D eigenvalue weighted by molar-refractivity contribution is 7.99. The minimum Gasteiger partial charge on any atom is -0.394 e. The molecular formula is C12H20O2S. The average molecular weight is 228 g/mol. The molecule has 2 N–H and O–H groups in total. The van der Waals surface area contributed by atoms with Gasteiger partial charge >= 0.3 is 0 Å². The van der Waals surface area contributed by atoms with E-state index < -0.39 is 6.10 Å². The molecule has 0 saturated carbocycles. The van der Waals surface area contributed by atoms with Crippen LogP contribution >= 0.6 is 11.8 Å². The van der Waals surface area contributed by atoms with Crippen molar-refractivity contribution in [3.05, 3.63) is 29.8 Å². The van der Waals surface area contributed by atoms with E-state index in [1.807, 2.05) is 45.0 Å². The lowest BCUT2D eigenvalue weighted by atomic mass is 10.2. The summed E-state index contributed by atoms with van der Waals surface area (Å²) < 4.78 is 0. The molecule has 0 aliphatic carbocycles. The fourth-order valence-electron chi connectivity index (χ4n) is 0.957. The number of benzene rings is 1. The van der Waals surface area contributed by atoms with E-state index in [9.17, 15) is 0 Å². The van der Waals surface area contributed by atoms with Gasteiger partial charge in [-0.25, -0.2) is 0 Å². The molecule has 1 aromatic carbocycles. The minimum atomic E-state index is -0.621. The zero-order valence-corrected chi connectivity index (χ0v) is 10.4. The maximum absolute atomic E-state index is 9.14. The molecule has 0 aliphatic rings. The van der Waals surface area contributed by atoms with Crippen molar-refractivity contribution >= 4 is 11.8 Å². The molecule has 0 amide bonds. The zero-order valence-electron chi connectivity index (χ0n) is 9.60. The van der Waals surface area contributed by atoms with Crippen molar-refractivity contribution in [2.24, 2.45) is 0 Å². The predicted molar refractivity (Wildman–Crippen MR) is 66.3 cm³/mol. The summed E-state index contributed by atoms with van der Waals surface area (Å²) in [5, 5.41) is 17.8. The van der Waals surface area contributed by atoms with Crippen LogP contribution in [0.25, 0.3) is 0 Å². The first-order valence-electron chi connectivity index (χ1n) is 5.21. The molecule has 0 saturated heterocycles. The van der Waals surface area contributed by atoms with Crippen molar-refractivity contribution in [1.82, 2.24) is 0 Å². The van der Waals surface area contributed by atoms with Crippen molar-refractivity contribution in [1.29, 1.82) is 0 Å². The van der Waals surface area contributed by atoms with E-state index in [1.54, 1.807) is 11.8 Å². The van der Waals surface area contributed by atoms with Gasteiger partial charge in [-0.15, -0.1) is 11.8 Å². The van der Waals surface area contributed by atoms with Crippen LogP contribution in [0.15, 0.2) is 29.2 Å². The molecule has 1 rings (SSSR count). The van der Waals surface area contributed by atoms with Crippen LogP contribution in [0, 0.1) is 6.92 Å². The molecular weight excluding hydrogens is 208 g/mol. The Morgan fingerprint density at radius 2 is 1.87 bits per heavy atom. The second kappa shape index (κ2) is 8.77. The molecule has 0 bridgehead atoms. The Labute approximate surface area is 96.3 Å². The zero-order chi connectivity index (χ0) is 11.7. The van der Waals surface area contributed by atoms with E-state index >= 15 is 0 Å². The van der Waals surface area contributed by atoms with E-state index in [4.69, 9.17) is 10.2 Å². The van der Waals surface area contributed by atoms with Crippen molar-refractivity contribution < 1.29 is 10.2 Å². The normalized spacial score (nSPS) is 11.5. The Balaban J connectivity index is 0.000000921. The highest BCUT2D eigenvalue weighted by Gasteiger charge is 2.03. The second-order valence-electron chi connectivity index (χ2n) is 2.91. The van der Waals surface area contributed by atoms with Gasteiger partial charge < -0.3 is 10.2 Å². The number of thioether (sulfide) groups is 1. The molecule has 0 fully saturated rings. The fourth-order valence-corrected chi connectivity index (χ4v) is 1.90. The summed E-state index contributed by atoms with van der Waals surface area (Å²) in [6.45, 7) is 5.87. The summed E-state index contributed by atoms with van der Waals surface area (Å²) in [4.78, 5) is 1.16. The topological polar surface area (TPSA) is 40.5 Å². The molecule has 2 nitrogen and oxygen atoms in total. The van der Waals surface area contributed by atoms with Crippen molar-refractivity contribution in [3.8, 4) is 0 Å². The summed E-state index contributed by atoms with van der Waals surface area (Å²) in [5.74, 6) is 0.543. The Hall–Kier alpha value is -0.510. The fraction of sp³-hybridized carbons (Fsp3) is 0.500. The molecule has 0 spiro atoms. The van der Waals surface area contributed by atoms with E-state index in [0.717, 1.165) is 4.90 Å². The van der Waals surface area contributed by atoms with E-state index in [-0.39, 0.29) is 6.61 Å². The average Bonchev–Trinajstić information content (AvgIpc) is 2.30. The first-order valence-corrected chi connectivity index (χ1v) is 6.20. The van der Waals surface area contributed by atoms with Crippen LogP contribution < -0.4 is 0 Å². The molecule has 86 valence electrons. The first kappa shape index (κ1) is 14.5. The van der Waals surface area contributed by atoms with Gasteiger partial charge in [-0.1, -0.05) is 32.0 Å². The van der Waals surface area contributed by atoms with Gasteiger partial charge in [-0.05, 0) is 18.6 Å². The van der Waals surface area contributed by atoms with E-state index in [0.29, 0.717) is 5.75 Å². The summed E-state index contributed by atoms with van der Waals surface area (Å²) in [6.07, 6.45) is -0.621. The number of hydrogen-bond donors (Lipinski definition) is 2. The first-order chi connectivity index (χ1) is 7.24. The number of rotatable bonds is 4. The van der Waals surface area contributed by atoms with Gasteiger partial charge in [0.05, 0.1) is 12.7 Å². The third-order valence-electron chi connectivity index (χ3n) is 1.74. The van der Waals surface area contributed by atoms with Crippen LogP contribution in [0.1, 0.15) is 19.4 Å². The van der Waals surface area contributed by atoms with Crippen LogP contribution in [-0.4, -0.2) is 28.7 Å². The molecule has 15 heavy (non-hydrogen) atoms. The summed E-state index contributed by atoms with van der Waals surface area (Å²) in [7, 11) is 0. The van der Waals surface area contributed by atoms with Crippen molar-refractivity contribution in [2.75, 3.05) is 12.4 Å². The van der Waals surface area contributed by atoms with Gasteiger partial charge in [0.15, 0.2) is 0 Å². The Morgan fingerprint density at radius 1 is 1.27 bits per heavy atom. The highest BCUT2D eigenvalue weighted by Crippen LogP contribution is 2.22. The van der Waals surface area contributed by atoms with Gasteiger partial charge in [0.1, 0.15) is 0 Å². The van der Waals surface area contributed by atoms with Crippen LogP contribution in [0.3, 0.4) is 0 Å². The molecule has 0 radical (unpaired) electrons. The third-order valence-corrected chi connectivity index (χ3v) is 3.06. The van der Waals surface area contributed by atoms with Crippen LogP contribution in [0.5, 0.6) is 0 Å². The molecule has 3 heteroatoms. The molecule has 0 heterocycles. The van der Waals surface area contributed by atoms with Crippen molar-refractivity contribution in [3.63, 3.8) is 0 Å². The Morgan fingerprint density at radius 3 is 2.40 bits per heavy atom. The van der Waals surface area contributed by atoms with Gasteiger partial charge in [0, 0.05) is 10.6 Å². The smallest absolute Gasteiger partial charge is 0.0864 e. The van der Waals surface area contributed by atoms with E-state index in [1.165, 1.54) is 5.56 Å². The number of aliphatic hydroxyl groups is 2. The lowest BCUT2D eigenvalue weighted by Gasteiger charge is -2.08. The van der Waals surface area contributed by atoms with Crippen LogP contribution in [0.2, 0.25) is 0 Å². The lowest BCUT2D eigenvalue weighted by molar-refractivity contribution is 0.113.